The fraction of sp³-hybridized carbons (Fsp3) is 0.133. The van der Waals surface area contributed by atoms with E-state index in [1.54, 1.807) is 36.4 Å². The number of aliphatic hydroxyl groups excluding tert-OH is 1. The average molecular weight is 257 g/mol. The minimum Gasteiger partial charge on any atom is -0.455 e. The van der Waals surface area contributed by atoms with Crippen LogP contribution < -0.4 is 10.1 Å². The number of nitrogens with one attached hydrogen (secondary N) is 1. The number of carbonyl (C=O) groups excluding carboxylic acids is 1. The molecule has 0 aromatic heterocycles. The highest BCUT2D eigenvalue weighted by atomic mass is 16.5. The lowest BCUT2D eigenvalue weighted by molar-refractivity contribution is -0.114. The first-order valence-corrected chi connectivity index (χ1v) is 5.93. The fourth-order valence-corrected chi connectivity index (χ4v) is 1.64. The molecule has 0 aliphatic carbocycles. The number of carbonyl (C=O) groups is 1. The van der Waals surface area contributed by atoms with Crippen molar-refractivity contribution in [2.45, 2.75) is 13.5 Å². The lowest BCUT2D eigenvalue weighted by Crippen LogP contribution is -2.06. The molecule has 2 N–H and O–H groups in total. The molecule has 0 atom stereocenters. The highest BCUT2D eigenvalue weighted by Gasteiger charge is 2.05. The quantitative estimate of drug-likeness (QED) is 0.885. The van der Waals surface area contributed by atoms with Crippen molar-refractivity contribution in [3.05, 3.63) is 54.1 Å². The van der Waals surface area contributed by atoms with Crippen LogP contribution in [0, 0.1) is 0 Å². The summed E-state index contributed by atoms with van der Waals surface area (Å²) < 4.78 is 5.71. The van der Waals surface area contributed by atoms with Gasteiger partial charge < -0.3 is 15.2 Å². The van der Waals surface area contributed by atoms with Crippen molar-refractivity contribution < 1.29 is 14.6 Å². The second kappa shape index (κ2) is 6.02. The van der Waals surface area contributed by atoms with E-state index in [2.05, 4.69) is 5.32 Å². The summed E-state index contributed by atoms with van der Waals surface area (Å²) in [7, 11) is 0. The van der Waals surface area contributed by atoms with Gasteiger partial charge >= 0.3 is 0 Å². The molecule has 2 aromatic carbocycles. The van der Waals surface area contributed by atoms with Gasteiger partial charge in [0.1, 0.15) is 5.75 Å². The molecule has 0 unspecified atom stereocenters. The number of benzene rings is 2. The largest absolute Gasteiger partial charge is 0.455 e. The predicted molar refractivity (Wildman–Crippen MR) is 73.2 cm³/mol. The smallest absolute Gasteiger partial charge is 0.221 e. The standard InChI is InChI=1S/C15H15NO3/c1-11(18)16-14-4-2-3-5-15(14)19-13-8-6-12(10-17)7-9-13/h2-9,17H,10H2,1H3,(H,16,18). The van der Waals surface area contributed by atoms with Gasteiger partial charge in [-0.2, -0.15) is 0 Å². The third kappa shape index (κ3) is 3.56. The maximum absolute atomic E-state index is 11.1. The molecule has 0 bridgehead atoms. The van der Waals surface area contributed by atoms with Crippen molar-refractivity contribution in [3.8, 4) is 11.5 Å². The van der Waals surface area contributed by atoms with Crippen LogP contribution >= 0.6 is 0 Å². The molecule has 1 amide bonds. The molecular formula is C15H15NO3. The molecule has 0 radical (unpaired) electrons. The highest BCUT2D eigenvalue weighted by Crippen LogP contribution is 2.29. The van der Waals surface area contributed by atoms with Crippen LogP contribution in [0.4, 0.5) is 5.69 Å². The molecule has 0 aliphatic rings. The second-order valence-corrected chi connectivity index (χ2v) is 4.08. The molecule has 98 valence electrons. The molecule has 0 spiro atoms. The van der Waals surface area contributed by atoms with E-state index in [1.807, 2.05) is 12.1 Å². The molecule has 0 aliphatic heterocycles. The van der Waals surface area contributed by atoms with Crippen LogP contribution in [-0.4, -0.2) is 11.0 Å². The molecule has 2 rings (SSSR count). The minimum atomic E-state index is -0.147. The number of hydrogen-bond donors (Lipinski definition) is 2. The monoisotopic (exact) mass is 257 g/mol. The summed E-state index contributed by atoms with van der Waals surface area (Å²) in [6.07, 6.45) is 0. The molecular weight excluding hydrogens is 242 g/mol. The Hall–Kier alpha value is -2.33. The van der Waals surface area contributed by atoms with E-state index in [1.165, 1.54) is 6.92 Å². The first kappa shape index (κ1) is 13.1. The molecule has 0 heterocycles. The Labute approximate surface area is 111 Å². The van der Waals surface area contributed by atoms with Crippen molar-refractivity contribution in [3.63, 3.8) is 0 Å². The van der Waals surface area contributed by atoms with Crippen LogP contribution in [-0.2, 0) is 11.4 Å². The van der Waals surface area contributed by atoms with Crippen molar-refractivity contribution in [1.82, 2.24) is 0 Å². The Morgan fingerprint density at radius 2 is 1.84 bits per heavy atom. The van der Waals surface area contributed by atoms with Crippen molar-refractivity contribution >= 4 is 11.6 Å². The van der Waals surface area contributed by atoms with E-state index in [0.717, 1.165) is 5.56 Å². The van der Waals surface area contributed by atoms with E-state index in [4.69, 9.17) is 9.84 Å². The van der Waals surface area contributed by atoms with Crippen LogP contribution in [0.1, 0.15) is 12.5 Å². The fourth-order valence-electron chi connectivity index (χ4n) is 1.64. The number of amides is 1. The van der Waals surface area contributed by atoms with Gasteiger partial charge in [-0.15, -0.1) is 0 Å². The maximum Gasteiger partial charge on any atom is 0.221 e. The number of anilines is 1. The molecule has 4 nitrogen and oxygen atoms in total. The zero-order valence-corrected chi connectivity index (χ0v) is 10.6. The van der Waals surface area contributed by atoms with Crippen LogP contribution in [0.25, 0.3) is 0 Å². The third-order valence-electron chi connectivity index (χ3n) is 2.53. The van der Waals surface area contributed by atoms with Gasteiger partial charge in [0.15, 0.2) is 5.75 Å². The summed E-state index contributed by atoms with van der Waals surface area (Å²) >= 11 is 0. The maximum atomic E-state index is 11.1. The first-order chi connectivity index (χ1) is 9.19. The van der Waals surface area contributed by atoms with Crippen molar-refractivity contribution in [1.29, 1.82) is 0 Å². The third-order valence-corrected chi connectivity index (χ3v) is 2.53. The average Bonchev–Trinajstić information content (AvgIpc) is 2.41. The van der Waals surface area contributed by atoms with Gasteiger partial charge in [0.25, 0.3) is 0 Å². The van der Waals surface area contributed by atoms with Crippen LogP contribution in [0.2, 0.25) is 0 Å². The summed E-state index contributed by atoms with van der Waals surface area (Å²) in [6.45, 7) is 1.45. The Bertz CT molecular complexity index is 564. The van der Waals surface area contributed by atoms with Gasteiger partial charge in [-0.05, 0) is 29.8 Å². The van der Waals surface area contributed by atoms with Gasteiger partial charge in [0.05, 0.1) is 12.3 Å². The molecule has 2 aromatic rings. The molecule has 19 heavy (non-hydrogen) atoms. The SMILES string of the molecule is CC(=O)Nc1ccccc1Oc1ccc(CO)cc1. The Morgan fingerprint density at radius 1 is 1.16 bits per heavy atom. The van der Waals surface area contributed by atoms with Gasteiger partial charge in [0, 0.05) is 6.92 Å². The summed E-state index contributed by atoms with van der Waals surface area (Å²) in [6, 6.07) is 14.3. The molecule has 4 heteroatoms. The van der Waals surface area contributed by atoms with E-state index in [9.17, 15) is 4.79 Å². The zero-order valence-electron chi connectivity index (χ0n) is 10.6. The zero-order chi connectivity index (χ0) is 13.7. The van der Waals surface area contributed by atoms with Crippen LogP contribution in [0.5, 0.6) is 11.5 Å². The van der Waals surface area contributed by atoms with Gasteiger partial charge in [-0.1, -0.05) is 24.3 Å². The lowest BCUT2D eigenvalue weighted by Gasteiger charge is -2.11. The van der Waals surface area contributed by atoms with E-state index in [0.29, 0.717) is 17.2 Å². The Kier molecular flexibility index (Phi) is 4.15. The number of ether oxygens (including phenoxy) is 1. The lowest BCUT2D eigenvalue weighted by atomic mass is 10.2. The van der Waals surface area contributed by atoms with Crippen LogP contribution in [0.3, 0.4) is 0 Å². The van der Waals surface area contributed by atoms with Crippen molar-refractivity contribution in [2.24, 2.45) is 0 Å². The summed E-state index contributed by atoms with van der Waals surface area (Å²) in [5.41, 5.74) is 1.45. The topological polar surface area (TPSA) is 58.6 Å². The van der Waals surface area contributed by atoms with Gasteiger partial charge in [0.2, 0.25) is 5.91 Å². The van der Waals surface area contributed by atoms with Gasteiger partial charge in [-0.3, -0.25) is 4.79 Å². The number of rotatable bonds is 4. The summed E-state index contributed by atoms with van der Waals surface area (Å²) in [5, 5.41) is 11.7. The van der Waals surface area contributed by atoms with E-state index < -0.39 is 0 Å². The Morgan fingerprint density at radius 3 is 2.47 bits per heavy atom. The van der Waals surface area contributed by atoms with Gasteiger partial charge in [-0.25, -0.2) is 0 Å². The summed E-state index contributed by atoms with van der Waals surface area (Å²) in [5.74, 6) is 1.08. The number of aliphatic hydroxyl groups is 1. The molecule has 0 saturated heterocycles. The van der Waals surface area contributed by atoms with E-state index >= 15 is 0 Å². The Balaban J connectivity index is 2.19. The van der Waals surface area contributed by atoms with Crippen molar-refractivity contribution in [2.75, 3.05) is 5.32 Å². The molecule has 0 saturated carbocycles. The molecule has 0 fully saturated rings. The second-order valence-electron chi connectivity index (χ2n) is 4.08. The first-order valence-electron chi connectivity index (χ1n) is 5.93. The normalized spacial score (nSPS) is 10.0. The van der Waals surface area contributed by atoms with E-state index in [-0.39, 0.29) is 12.5 Å². The van der Waals surface area contributed by atoms with Crippen LogP contribution in [0.15, 0.2) is 48.5 Å². The predicted octanol–water partition coefficient (Wildman–Crippen LogP) is 2.93. The minimum absolute atomic E-state index is 0.00274. The highest BCUT2D eigenvalue weighted by molar-refractivity contribution is 5.90. The summed E-state index contributed by atoms with van der Waals surface area (Å²) in [4.78, 5) is 11.1. The number of para-hydroxylation sites is 2. The number of hydrogen-bond acceptors (Lipinski definition) is 3.